The maximum atomic E-state index is 12.4. The average Bonchev–Trinajstić information content (AvgIpc) is 2.47. The number of hydrogen-bond acceptors (Lipinski definition) is 2. The molecule has 0 radical (unpaired) electrons. The van der Waals surface area contributed by atoms with Gasteiger partial charge in [0, 0.05) is 5.92 Å². The predicted molar refractivity (Wildman–Crippen MR) is 80.8 cm³/mol. The number of aliphatic carboxylic acids is 1. The zero-order valence-corrected chi connectivity index (χ0v) is 12.6. The van der Waals surface area contributed by atoms with Crippen molar-refractivity contribution in [3.8, 4) is 0 Å². The minimum absolute atomic E-state index is 0.0169. The standard InChI is InChI=1S/C17H23NO3/c1-11-6-3-4-9-15(11)12(2)18-16(19)13-7-5-8-14(10-13)17(20)21/h3-4,6,9,12-14H,5,7-8,10H2,1-2H3,(H,18,19)(H,20,21)/t12-,13-,14-/m0/s1. The Kier molecular flexibility index (Phi) is 4.99. The zero-order chi connectivity index (χ0) is 15.4. The molecular weight excluding hydrogens is 266 g/mol. The molecule has 114 valence electrons. The lowest BCUT2D eigenvalue weighted by Crippen LogP contribution is -2.36. The summed E-state index contributed by atoms with van der Waals surface area (Å²) in [6.07, 6.45) is 2.75. The van der Waals surface area contributed by atoms with Crippen LogP contribution in [-0.2, 0) is 9.59 Å². The lowest BCUT2D eigenvalue weighted by Gasteiger charge is -2.27. The molecule has 4 nitrogen and oxygen atoms in total. The van der Waals surface area contributed by atoms with Crippen molar-refractivity contribution in [3.05, 3.63) is 35.4 Å². The van der Waals surface area contributed by atoms with Crippen molar-refractivity contribution in [2.45, 2.75) is 45.6 Å². The van der Waals surface area contributed by atoms with Gasteiger partial charge < -0.3 is 10.4 Å². The second-order valence-electron chi connectivity index (χ2n) is 5.99. The molecule has 0 aliphatic heterocycles. The summed E-state index contributed by atoms with van der Waals surface area (Å²) >= 11 is 0. The van der Waals surface area contributed by atoms with Crippen molar-refractivity contribution < 1.29 is 14.7 Å². The van der Waals surface area contributed by atoms with Gasteiger partial charge in [0.05, 0.1) is 12.0 Å². The third-order valence-corrected chi connectivity index (χ3v) is 4.41. The van der Waals surface area contributed by atoms with E-state index in [1.54, 1.807) is 0 Å². The van der Waals surface area contributed by atoms with Crippen LogP contribution in [0.1, 0.15) is 49.8 Å². The molecule has 0 saturated heterocycles. The lowest BCUT2D eigenvalue weighted by atomic mass is 9.81. The van der Waals surface area contributed by atoms with Gasteiger partial charge in [-0.1, -0.05) is 30.7 Å². The minimum atomic E-state index is -0.778. The monoisotopic (exact) mass is 289 g/mol. The van der Waals surface area contributed by atoms with Crippen molar-refractivity contribution in [2.75, 3.05) is 0 Å². The number of carboxylic acid groups (broad SMARTS) is 1. The van der Waals surface area contributed by atoms with Gasteiger partial charge in [-0.05, 0) is 44.2 Å². The van der Waals surface area contributed by atoms with Crippen LogP contribution < -0.4 is 5.32 Å². The van der Waals surface area contributed by atoms with E-state index < -0.39 is 5.97 Å². The smallest absolute Gasteiger partial charge is 0.306 e. The number of carbonyl (C=O) groups is 2. The summed E-state index contributed by atoms with van der Waals surface area (Å²) < 4.78 is 0. The number of benzene rings is 1. The Labute approximate surface area is 125 Å². The topological polar surface area (TPSA) is 66.4 Å². The van der Waals surface area contributed by atoms with Crippen LogP contribution >= 0.6 is 0 Å². The van der Waals surface area contributed by atoms with Gasteiger partial charge in [-0.15, -0.1) is 0 Å². The van der Waals surface area contributed by atoms with Gasteiger partial charge in [-0.2, -0.15) is 0 Å². The molecule has 1 aliphatic rings. The van der Waals surface area contributed by atoms with Crippen molar-refractivity contribution >= 4 is 11.9 Å². The second-order valence-corrected chi connectivity index (χ2v) is 5.99. The van der Waals surface area contributed by atoms with Crippen LogP contribution in [0.3, 0.4) is 0 Å². The molecule has 1 fully saturated rings. The normalized spacial score (nSPS) is 23.3. The van der Waals surface area contributed by atoms with Gasteiger partial charge in [0.25, 0.3) is 0 Å². The van der Waals surface area contributed by atoms with Gasteiger partial charge in [-0.25, -0.2) is 0 Å². The van der Waals surface area contributed by atoms with Gasteiger partial charge >= 0.3 is 5.97 Å². The maximum Gasteiger partial charge on any atom is 0.306 e. The second kappa shape index (κ2) is 6.74. The highest BCUT2D eigenvalue weighted by Gasteiger charge is 2.31. The number of hydrogen-bond donors (Lipinski definition) is 2. The van der Waals surface area contributed by atoms with E-state index in [4.69, 9.17) is 5.11 Å². The van der Waals surface area contributed by atoms with Crippen molar-refractivity contribution in [1.82, 2.24) is 5.32 Å². The van der Waals surface area contributed by atoms with E-state index in [1.165, 1.54) is 0 Å². The van der Waals surface area contributed by atoms with Crippen molar-refractivity contribution in [1.29, 1.82) is 0 Å². The Balaban J connectivity index is 1.98. The maximum absolute atomic E-state index is 12.4. The van der Waals surface area contributed by atoms with E-state index in [9.17, 15) is 9.59 Å². The van der Waals surface area contributed by atoms with Crippen LogP contribution in [0.25, 0.3) is 0 Å². The number of aryl methyl sites for hydroxylation is 1. The Hall–Kier alpha value is -1.84. The molecule has 1 aliphatic carbocycles. The summed E-state index contributed by atoms with van der Waals surface area (Å²) in [6.45, 7) is 4.00. The largest absolute Gasteiger partial charge is 0.481 e. The van der Waals surface area contributed by atoms with Crippen LogP contribution in [0.4, 0.5) is 0 Å². The van der Waals surface area contributed by atoms with Crippen LogP contribution in [0.15, 0.2) is 24.3 Å². The lowest BCUT2D eigenvalue weighted by molar-refractivity contribution is -0.144. The molecule has 1 aromatic rings. The molecule has 1 aromatic carbocycles. The van der Waals surface area contributed by atoms with Crippen LogP contribution in [0.2, 0.25) is 0 Å². The predicted octanol–water partition coefficient (Wildman–Crippen LogP) is 3.06. The third-order valence-electron chi connectivity index (χ3n) is 4.41. The Morgan fingerprint density at radius 2 is 1.90 bits per heavy atom. The average molecular weight is 289 g/mol. The van der Waals surface area contributed by atoms with Gasteiger partial charge in [0.2, 0.25) is 5.91 Å². The molecule has 4 heteroatoms. The highest BCUT2D eigenvalue weighted by atomic mass is 16.4. The van der Waals surface area contributed by atoms with Gasteiger partial charge in [0.15, 0.2) is 0 Å². The van der Waals surface area contributed by atoms with E-state index >= 15 is 0 Å². The van der Waals surface area contributed by atoms with Crippen LogP contribution in [0.5, 0.6) is 0 Å². The van der Waals surface area contributed by atoms with E-state index in [-0.39, 0.29) is 23.8 Å². The minimum Gasteiger partial charge on any atom is -0.481 e. The first kappa shape index (κ1) is 15.5. The van der Waals surface area contributed by atoms with E-state index in [0.29, 0.717) is 12.8 Å². The molecule has 1 amide bonds. The molecule has 0 spiro atoms. The molecule has 2 N–H and O–H groups in total. The number of carbonyl (C=O) groups excluding carboxylic acids is 1. The van der Waals surface area contributed by atoms with Gasteiger partial charge in [-0.3, -0.25) is 9.59 Å². The van der Waals surface area contributed by atoms with E-state index in [2.05, 4.69) is 5.32 Å². The first-order chi connectivity index (χ1) is 9.99. The highest BCUT2D eigenvalue weighted by molar-refractivity contribution is 5.80. The number of amides is 1. The first-order valence-electron chi connectivity index (χ1n) is 7.57. The fourth-order valence-electron chi connectivity index (χ4n) is 3.13. The zero-order valence-electron chi connectivity index (χ0n) is 12.6. The highest BCUT2D eigenvalue weighted by Crippen LogP contribution is 2.30. The summed E-state index contributed by atoms with van der Waals surface area (Å²) in [5, 5.41) is 12.1. The Morgan fingerprint density at radius 3 is 2.57 bits per heavy atom. The van der Waals surface area contributed by atoms with Crippen molar-refractivity contribution in [3.63, 3.8) is 0 Å². The summed E-state index contributed by atoms with van der Waals surface area (Å²) in [5.74, 6) is -1.34. The molecular formula is C17H23NO3. The number of rotatable bonds is 4. The first-order valence-corrected chi connectivity index (χ1v) is 7.57. The number of carboxylic acids is 1. The van der Waals surface area contributed by atoms with E-state index in [0.717, 1.165) is 24.0 Å². The fraction of sp³-hybridized carbons (Fsp3) is 0.529. The number of nitrogens with one attached hydrogen (secondary N) is 1. The van der Waals surface area contributed by atoms with Gasteiger partial charge in [0.1, 0.15) is 0 Å². The molecule has 0 aromatic heterocycles. The Bertz CT molecular complexity index is 527. The SMILES string of the molecule is Cc1ccccc1[C@H](C)NC(=O)[C@H]1CCC[C@H](C(=O)O)C1. The third kappa shape index (κ3) is 3.84. The molecule has 0 unspecified atom stereocenters. The van der Waals surface area contributed by atoms with Crippen molar-refractivity contribution in [2.24, 2.45) is 11.8 Å². The summed E-state index contributed by atoms with van der Waals surface area (Å²) in [5.41, 5.74) is 2.26. The molecule has 21 heavy (non-hydrogen) atoms. The van der Waals surface area contributed by atoms with E-state index in [1.807, 2.05) is 38.1 Å². The molecule has 3 atom stereocenters. The molecule has 2 rings (SSSR count). The Morgan fingerprint density at radius 1 is 1.24 bits per heavy atom. The van der Waals surface area contributed by atoms with Crippen LogP contribution in [-0.4, -0.2) is 17.0 Å². The molecule has 0 heterocycles. The summed E-state index contributed by atoms with van der Waals surface area (Å²) in [6, 6.07) is 7.93. The summed E-state index contributed by atoms with van der Waals surface area (Å²) in [4.78, 5) is 23.4. The quantitative estimate of drug-likeness (QED) is 0.895. The van der Waals surface area contributed by atoms with Crippen LogP contribution in [0, 0.1) is 18.8 Å². The summed E-state index contributed by atoms with van der Waals surface area (Å²) in [7, 11) is 0. The molecule has 1 saturated carbocycles. The molecule has 0 bridgehead atoms. The fourth-order valence-corrected chi connectivity index (χ4v) is 3.13.